The SMILES string of the molecule is CCC[C@@H](C)[C@H]1CCC2C3CCC4CC(NC5CC[N+](COC(=O)C(C)(C)C)(c6ccccc6)CC5)CC[C@]4(C)C3CC[C@@]21C. The van der Waals surface area contributed by atoms with E-state index in [-0.39, 0.29) is 5.97 Å². The van der Waals surface area contributed by atoms with Gasteiger partial charge in [0.2, 0.25) is 6.73 Å². The first kappa shape index (κ1) is 33.5. The van der Waals surface area contributed by atoms with Crippen LogP contribution in [0, 0.1) is 51.8 Å². The number of benzene rings is 1. The summed E-state index contributed by atoms with van der Waals surface area (Å²) in [5.41, 5.74) is 1.97. The number of nitrogens with zero attached hydrogens (tertiary/aromatic N) is 1. The predicted octanol–water partition coefficient (Wildman–Crippen LogP) is 9.76. The lowest BCUT2D eigenvalue weighted by atomic mass is 9.44. The van der Waals surface area contributed by atoms with Gasteiger partial charge < -0.3 is 10.1 Å². The van der Waals surface area contributed by atoms with Gasteiger partial charge in [-0.05, 0) is 137 Å². The molecule has 0 spiro atoms. The van der Waals surface area contributed by atoms with Gasteiger partial charge in [-0.3, -0.25) is 9.28 Å². The minimum atomic E-state index is -0.473. The van der Waals surface area contributed by atoms with Gasteiger partial charge in [0, 0.05) is 24.9 Å². The number of likely N-dealkylation sites (tertiary alicyclic amines) is 1. The molecule has 0 radical (unpaired) electrons. The van der Waals surface area contributed by atoms with Gasteiger partial charge in [0.15, 0.2) is 0 Å². The lowest BCUT2D eigenvalue weighted by Gasteiger charge is -2.61. The molecule has 0 aromatic heterocycles. The summed E-state index contributed by atoms with van der Waals surface area (Å²) < 4.78 is 6.73. The molecular weight excluding hydrogens is 552 g/mol. The van der Waals surface area contributed by atoms with Crippen molar-refractivity contribution in [3.05, 3.63) is 30.3 Å². The number of hydrogen-bond acceptors (Lipinski definition) is 3. The highest BCUT2D eigenvalue weighted by Gasteiger charge is 2.60. The topological polar surface area (TPSA) is 38.3 Å². The quantitative estimate of drug-likeness (QED) is 0.233. The molecule has 1 aromatic rings. The zero-order valence-corrected chi connectivity index (χ0v) is 30.1. The number of ether oxygens (including phenoxy) is 1. The van der Waals surface area contributed by atoms with Crippen molar-refractivity contribution in [1.29, 1.82) is 0 Å². The fourth-order valence-electron chi connectivity index (χ4n) is 12.2. The van der Waals surface area contributed by atoms with Crippen molar-refractivity contribution in [2.45, 2.75) is 144 Å². The number of carbonyl (C=O) groups excluding carboxylic acids is 1. The number of esters is 1. The third-order valence-corrected chi connectivity index (χ3v) is 14.8. The first-order valence-corrected chi connectivity index (χ1v) is 19.2. The molecule has 0 amide bonds. The Morgan fingerprint density at radius 1 is 0.911 bits per heavy atom. The van der Waals surface area contributed by atoms with Crippen LogP contribution in [0.15, 0.2) is 30.3 Å². The predicted molar refractivity (Wildman–Crippen MR) is 188 cm³/mol. The molecule has 1 aliphatic heterocycles. The highest BCUT2D eigenvalue weighted by molar-refractivity contribution is 5.75. The number of para-hydroxylation sites is 1. The summed E-state index contributed by atoms with van der Waals surface area (Å²) in [5, 5.41) is 4.21. The number of carbonyl (C=O) groups is 1. The molecule has 4 saturated carbocycles. The lowest BCUT2D eigenvalue weighted by Crippen LogP contribution is -2.60. The number of nitrogens with one attached hydrogen (secondary N) is 1. The molecule has 9 atom stereocenters. The molecule has 5 fully saturated rings. The number of piperidine rings is 1. The Bertz CT molecular complexity index is 1150. The van der Waals surface area contributed by atoms with Crippen LogP contribution in [0.1, 0.15) is 132 Å². The summed E-state index contributed by atoms with van der Waals surface area (Å²) in [6, 6.07) is 12.0. The average molecular weight is 620 g/mol. The van der Waals surface area contributed by atoms with Gasteiger partial charge in [0.05, 0.1) is 18.5 Å². The molecule has 1 saturated heterocycles. The van der Waals surface area contributed by atoms with Crippen molar-refractivity contribution in [2.24, 2.45) is 51.8 Å². The van der Waals surface area contributed by atoms with E-state index in [1.807, 2.05) is 20.8 Å². The molecule has 0 bridgehead atoms. The highest BCUT2D eigenvalue weighted by atomic mass is 16.5. The molecule has 45 heavy (non-hydrogen) atoms. The second-order valence-corrected chi connectivity index (χ2v) is 18.3. The van der Waals surface area contributed by atoms with Crippen molar-refractivity contribution in [3.8, 4) is 0 Å². The molecule has 4 nitrogen and oxygen atoms in total. The summed E-state index contributed by atoms with van der Waals surface area (Å²) >= 11 is 0. The minimum absolute atomic E-state index is 0.0995. The zero-order valence-electron chi connectivity index (χ0n) is 30.1. The van der Waals surface area contributed by atoms with E-state index >= 15 is 0 Å². The van der Waals surface area contributed by atoms with Gasteiger partial charge in [-0.2, -0.15) is 0 Å². The number of hydrogen-bond donors (Lipinski definition) is 1. The van der Waals surface area contributed by atoms with E-state index in [9.17, 15) is 4.79 Å². The molecule has 5 aliphatic rings. The van der Waals surface area contributed by atoms with Gasteiger partial charge in [0.25, 0.3) is 0 Å². The Balaban J connectivity index is 1.06. The van der Waals surface area contributed by atoms with Crippen LogP contribution in [0.25, 0.3) is 0 Å². The van der Waals surface area contributed by atoms with E-state index in [0.717, 1.165) is 65.9 Å². The second kappa shape index (κ2) is 12.9. The smallest absolute Gasteiger partial charge is 0.315 e. The molecular formula is C41H67N2O2+. The summed E-state index contributed by atoms with van der Waals surface area (Å²) in [7, 11) is 0. The van der Waals surface area contributed by atoms with Crippen LogP contribution in [-0.2, 0) is 9.53 Å². The average Bonchev–Trinajstić information content (AvgIpc) is 3.38. The van der Waals surface area contributed by atoms with Crippen LogP contribution in [0.2, 0.25) is 0 Å². The fourth-order valence-corrected chi connectivity index (χ4v) is 12.2. The van der Waals surface area contributed by atoms with Crippen LogP contribution in [0.4, 0.5) is 5.69 Å². The van der Waals surface area contributed by atoms with Crippen molar-refractivity contribution in [2.75, 3.05) is 19.8 Å². The van der Waals surface area contributed by atoms with Crippen molar-refractivity contribution in [1.82, 2.24) is 9.80 Å². The summed E-state index contributed by atoms with van der Waals surface area (Å²) in [4.78, 5) is 12.7. The van der Waals surface area contributed by atoms with E-state index in [0.29, 0.717) is 29.6 Å². The molecule has 5 unspecified atom stereocenters. The standard InChI is InChI=1S/C41H67N2O2/c1-8-12-29(2)35-17-18-36-34-16-15-30-27-32(19-23-40(30,6)37(34)20-24-41(35,36)7)42-31-21-25-43(26-22-31,33-13-10-9-11-14-33)28-45-38(44)39(3,4)5/h9-11,13-14,29-32,34-37,42H,8,12,15-28H2,1-7H3/q+1/t29-,30?,31?,32?,34?,35-,36?,37?,40+,41-,43?/m1/s1. The number of quaternary nitrogens is 1. The van der Waals surface area contributed by atoms with Crippen molar-refractivity contribution < 1.29 is 9.53 Å². The van der Waals surface area contributed by atoms with E-state index in [1.165, 1.54) is 76.3 Å². The van der Waals surface area contributed by atoms with Crippen LogP contribution >= 0.6 is 0 Å². The van der Waals surface area contributed by atoms with Gasteiger partial charge in [-0.1, -0.05) is 58.7 Å². The second-order valence-electron chi connectivity index (χ2n) is 18.3. The Morgan fingerprint density at radius 2 is 1.60 bits per heavy atom. The Labute approximate surface area is 276 Å². The van der Waals surface area contributed by atoms with E-state index in [1.54, 1.807) is 0 Å². The molecule has 1 heterocycles. The minimum Gasteiger partial charge on any atom is -0.414 e. The third-order valence-electron chi connectivity index (χ3n) is 14.8. The van der Waals surface area contributed by atoms with E-state index < -0.39 is 5.41 Å². The van der Waals surface area contributed by atoms with Crippen molar-refractivity contribution >= 4 is 11.7 Å². The zero-order chi connectivity index (χ0) is 32.0. The highest BCUT2D eigenvalue weighted by Crippen LogP contribution is 2.68. The monoisotopic (exact) mass is 620 g/mol. The van der Waals surface area contributed by atoms with Gasteiger partial charge in [-0.25, -0.2) is 0 Å². The molecule has 4 aliphatic carbocycles. The molecule has 1 N–H and O–H groups in total. The molecule has 6 rings (SSSR count). The van der Waals surface area contributed by atoms with E-state index in [4.69, 9.17) is 4.74 Å². The Kier molecular flexibility index (Phi) is 9.61. The molecule has 1 aromatic carbocycles. The third kappa shape index (κ3) is 6.30. The first-order valence-electron chi connectivity index (χ1n) is 19.2. The molecule has 252 valence electrons. The Morgan fingerprint density at radius 3 is 2.29 bits per heavy atom. The lowest BCUT2D eigenvalue weighted by molar-refractivity contribution is -0.158. The summed E-state index contributed by atoms with van der Waals surface area (Å²) in [5.74, 6) is 5.61. The van der Waals surface area contributed by atoms with E-state index in [2.05, 4.69) is 63.3 Å². The number of rotatable bonds is 8. The van der Waals surface area contributed by atoms with Crippen LogP contribution < -0.4 is 9.80 Å². The molecule has 4 heteroatoms. The summed E-state index contributed by atoms with van der Waals surface area (Å²) in [6.45, 7) is 18.8. The van der Waals surface area contributed by atoms with Crippen molar-refractivity contribution in [3.63, 3.8) is 0 Å². The van der Waals surface area contributed by atoms with Gasteiger partial charge in [-0.15, -0.1) is 0 Å². The largest absolute Gasteiger partial charge is 0.414 e. The number of fused-ring (bicyclic) bond motifs is 5. The van der Waals surface area contributed by atoms with Gasteiger partial charge >= 0.3 is 5.97 Å². The van der Waals surface area contributed by atoms with Crippen LogP contribution in [-0.4, -0.2) is 37.9 Å². The fraction of sp³-hybridized carbons (Fsp3) is 0.829. The first-order chi connectivity index (χ1) is 21.4. The Hall–Kier alpha value is -1.39. The van der Waals surface area contributed by atoms with Crippen LogP contribution in [0.5, 0.6) is 0 Å². The maximum atomic E-state index is 12.7. The normalized spacial score (nSPS) is 42.2. The maximum Gasteiger partial charge on any atom is 0.315 e. The maximum absolute atomic E-state index is 12.7. The van der Waals surface area contributed by atoms with Crippen LogP contribution in [0.3, 0.4) is 0 Å². The summed E-state index contributed by atoms with van der Waals surface area (Å²) in [6.07, 6.45) is 18.2. The van der Waals surface area contributed by atoms with Gasteiger partial charge in [0.1, 0.15) is 5.69 Å².